The average Bonchev–Trinajstić information content (AvgIpc) is 2.60. The zero-order valence-corrected chi connectivity index (χ0v) is 16.6. The van der Waals surface area contributed by atoms with Gasteiger partial charge in [0.2, 0.25) is 5.91 Å². The molecule has 0 unspecified atom stereocenters. The Morgan fingerprint density at radius 2 is 1.73 bits per heavy atom. The van der Waals surface area contributed by atoms with E-state index in [1.807, 2.05) is 20.8 Å². The van der Waals surface area contributed by atoms with Crippen LogP contribution >= 0.6 is 0 Å². The van der Waals surface area contributed by atoms with Crippen molar-refractivity contribution in [2.45, 2.75) is 70.4 Å². The van der Waals surface area contributed by atoms with Gasteiger partial charge in [0.15, 0.2) is 0 Å². The van der Waals surface area contributed by atoms with Gasteiger partial charge in [-0.25, -0.2) is 4.79 Å². The molecule has 2 fully saturated rings. The fourth-order valence-electron chi connectivity index (χ4n) is 3.80. The van der Waals surface area contributed by atoms with Crippen LogP contribution in [0.5, 0.6) is 0 Å². The highest BCUT2D eigenvalue weighted by atomic mass is 16.6. The molecule has 7 heteroatoms. The van der Waals surface area contributed by atoms with Gasteiger partial charge in [0.1, 0.15) is 5.60 Å². The van der Waals surface area contributed by atoms with E-state index in [-0.39, 0.29) is 24.4 Å². The Morgan fingerprint density at radius 3 is 2.35 bits per heavy atom. The largest absolute Gasteiger partial charge is 0.444 e. The predicted octanol–water partition coefficient (Wildman–Crippen LogP) is 2.05. The van der Waals surface area contributed by atoms with Gasteiger partial charge in [-0.2, -0.15) is 0 Å². The lowest BCUT2D eigenvalue weighted by molar-refractivity contribution is -0.122. The normalized spacial score (nSPS) is 21.0. The van der Waals surface area contributed by atoms with Crippen molar-refractivity contribution < 1.29 is 19.1 Å². The molecule has 1 aliphatic carbocycles. The van der Waals surface area contributed by atoms with E-state index >= 15 is 0 Å². The SMILES string of the molecule is CC(C)(C)OC(=O)NCCC(=O)NCC1(N2CCOCC2)CCCCC1. The van der Waals surface area contributed by atoms with Gasteiger partial charge in [-0.15, -0.1) is 0 Å². The number of nitrogens with zero attached hydrogens (tertiary/aromatic N) is 1. The third kappa shape index (κ3) is 6.76. The lowest BCUT2D eigenvalue weighted by atomic mass is 9.79. The van der Waals surface area contributed by atoms with Crippen LogP contribution < -0.4 is 10.6 Å². The number of ether oxygens (including phenoxy) is 2. The maximum absolute atomic E-state index is 12.2. The number of rotatable bonds is 6. The molecule has 0 aromatic rings. The lowest BCUT2D eigenvalue weighted by Gasteiger charge is -2.48. The monoisotopic (exact) mass is 369 g/mol. The van der Waals surface area contributed by atoms with Crippen LogP contribution in [0.2, 0.25) is 0 Å². The molecule has 2 amide bonds. The van der Waals surface area contributed by atoms with Gasteiger partial charge >= 0.3 is 6.09 Å². The summed E-state index contributed by atoms with van der Waals surface area (Å²) in [5.74, 6) is -0.0285. The summed E-state index contributed by atoms with van der Waals surface area (Å²) >= 11 is 0. The molecule has 0 aromatic heterocycles. The number of carbonyl (C=O) groups excluding carboxylic acids is 2. The molecule has 7 nitrogen and oxygen atoms in total. The molecule has 0 radical (unpaired) electrons. The van der Waals surface area contributed by atoms with Crippen LogP contribution in [-0.4, -0.2) is 67.4 Å². The van der Waals surface area contributed by atoms with E-state index in [0.29, 0.717) is 6.54 Å². The van der Waals surface area contributed by atoms with Crippen LogP contribution in [0.4, 0.5) is 4.79 Å². The molecule has 1 aliphatic heterocycles. The highest BCUT2D eigenvalue weighted by molar-refractivity contribution is 5.77. The van der Waals surface area contributed by atoms with Crippen molar-refractivity contribution in [3.63, 3.8) is 0 Å². The summed E-state index contributed by atoms with van der Waals surface area (Å²) in [6.07, 6.45) is 5.74. The van der Waals surface area contributed by atoms with E-state index in [0.717, 1.165) is 39.1 Å². The van der Waals surface area contributed by atoms with Gasteiger partial charge in [-0.05, 0) is 33.6 Å². The van der Waals surface area contributed by atoms with E-state index in [4.69, 9.17) is 9.47 Å². The molecule has 0 spiro atoms. The van der Waals surface area contributed by atoms with Gasteiger partial charge in [0, 0.05) is 38.1 Å². The van der Waals surface area contributed by atoms with Crippen molar-refractivity contribution in [2.24, 2.45) is 0 Å². The Morgan fingerprint density at radius 1 is 1.08 bits per heavy atom. The summed E-state index contributed by atoms with van der Waals surface area (Å²) in [6.45, 7) is 9.83. The topological polar surface area (TPSA) is 79.9 Å². The van der Waals surface area contributed by atoms with Crippen molar-refractivity contribution in [3.05, 3.63) is 0 Å². The second-order valence-corrected chi connectivity index (χ2v) is 8.34. The van der Waals surface area contributed by atoms with Crippen molar-refractivity contribution in [1.29, 1.82) is 0 Å². The van der Waals surface area contributed by atoms with Gasteiger partial charge < -0.3 is 20.1 Å². The number of amides is 2. The minimum absolute atomic E-state index is 0.0285. The molecule has 1 saturated heterocycles. The number of carbonyl (C=O) groups is 2. The number of morpholine rings is 1. The standard InChI is InChI=1S/C19H35N3O4/c1-18(2,3)26-17(24)20-10-7-16(23)21-15-19(8-5-4-6-9-19)22-11-13-25-14-12-22/h4-15H2,1-3H3,(H,20,24)(H,21,23). The maximum Gasteiger partial charge on any atom is 0.407 e. The highest BCUT2D eigenvalue weighted by Gasteiger charge is 2.38. The molecule has 2 aliphatic rings. The molecule has 0 aromatic carbocycles. The van der Waals surface area contributed by atoms with E-state index in [9.17, 15) is 9.59 Å². The molecular weight excluding hydrogens is 334 g/mol. The van der Waals surface area contributed by atoms with Crippen molar-refractivity contribution in [2.75, 3.05) is 39.4 Å². The van der Waals surface area contributed by atoms with Gasteiger partial charge in [0.25, 0.3) is 0 Å². The Kier molecular flexibility index (Phi) is 7.70. The lowest BCUT2D eigenvalue weighted by Crippen LogP contribution is -2.59. The van der Waals surface area contributed by atoms with E-state index < -0.39 is 11.7 Å². The summed E-state index contributed by atoms with van der Waals surface area (Å²) in [4.78, 5) is 26.4. The second-order valence-electron chi connectivity index (χ2n) is 8.34. The Labute approximate surface area is 157 Å². The first kappa shape index (κ1) is 21.0. The number of hydrogen-bond acceptors (Lipinski definition) is 5. The van der Waals surface area contributed by atoms with E-state index in [1.165, 1.54) is 19.3 Å². The van der Waals surface area contributed by atoms with Gasteiger partial charge in [-0.3, -0.25) is 9.69 Å². The third-order valence-corrected chi connectivity index (χ3v) is 5.10. The zero-order valence-electron chi connectivity index (χ0n) is 16.6. The van der Waals surface area contributed by atoms with Crippen molar-refractivity contribution >= 4 is 12.0 Å². The number of alkyl carbamates (subject to hydrolysis) is 1. The number of nitrogens with one attached hydrogen (secondary N) is 2. The molecule has 0 bridgehead atoms. The Balaban J connectivity index is 1.75. The van der Waals surface area contributed by atoms with E-state index in [1.54, 1.807) is 0 Å². The molecule has 0 atom stereocenters. The number of hydrogen-bond donors (Lipinski definition) is 2. The Hall–Kier alpha value is -1.34. The Bertz CT molecular complexity index is 464. The van der Waals surface area contributed by atoms with Crippen LogP contribution in [0.25, 0.3) is 0 Å². The quantitative estimate of drug-likeness (QED) is 0.749. The summed E-state index contributed by atoms with van der Waals surface area (Å²) < 4.78 is 10.7. The maximum atomic E-state index is 12.2. The van der Waals surface area contributed by atoms with Gasteiger partial charge in [0.05, 0.1) is 13.2 Å². The third-order valence-electron chi connectivity index (χ3n) is 5.10. The minimum Gasteiger partial charge on any atom is -0.444 e. The fraction of sp³-hybridized carbons (Fsp3) is 0.895. The first-order chi connectivity index (χ1) is 12.3. The van der Waals surface area contributed by atoms with Crippen LogP contribution in [0, 0.1) is 0 Å². The molecule has 2 rings (SSSR count). The molecule has 150 valence electrons. The van der Waals surface area contributed by atoms with E-state index in [2.05, 4.69) is 15.5 Å². The smallest absolute Gasteiger partial charge is 0.407 e. The van der Waals surface area contributed by atoms with Crippen LogP contribution in [-0.2, 0) is 14.3 Å². The minimum atomic E-state index is -0.530. The van der Waals surface area contributed by atoms with Gasteiger partial charge in [-0.1, -0.05) is 19.3 Å². The van der Waals surface area contributed by atoms with Crippen LogP contribution in [0.15, 0.2) is 0 Å². The summed E-state index contributed by atoms with van der Waals surface area (Å²) in [5, 5.41) is 5.73. The second kappa shape index (κ2) is 9.55. The van der Waals surface area contributed by atoms with Crippen molar-refractivity contribution in [1.82, 2.24) is 15.5 Å². The van der Waals surface area contributed by atoms with Crippen LogP contribution in [0.1, 0.15) is 59.3 Å². The fourth-order valence-corrected chi connectivity index (χ4v) is 3.80. The molecule has 26 heavy (non-hydrogen) atoms. The summed E-state index contributed by atoms with van der Waals surface area (Å²) in [6, 6.07) is 0. The molecule has 1 heterocycles. The summed E-state index contributed by atoms with van der Waals surface area (Å²) in [5.41, 5.74) is -0.464. The molecular formula is C19H35N3O4. The average molecular weight is 370 g/mol. The molecule has 1 saturated carbocycles. The summed E-state index contributed by atoms with van der Waals surface area (Å²) in [7, 11) is 0. The zero-order chi connectivity index (χ0) is 19.0. The predicted molar refractivity (Wildman–Crippen MR) is 100 cm³/mol. The first-order valence-electron chi connectivity index (χ1n) is 9.87. The first-order valence-corrected chi connectivity index (χ1v) is 9.87. The highest BCUT2D eigenvalue weighted by Crippen LogP contribution is 2.33. The van der Waals surface area contributed by atoms with Crippen LogP contribution in [0.3, 0.4) is 0 Å². The molecule has 2 N–H and O–H groups in total. The van der Waals surface area contributed by atoms with Crippen molar-refractivity contribution in [3.8, 4) is 0 Å².